The van der Waals surface area contributed by atoms with Gasteiger partial charge in [-0.25, -0.2) is 0 Å². The maximum atomic E-state index is 3.42. The van der Waals surface area contributed by atoms with Gasteiger partial charge in [0.15, 0.2) is 0 Å². The topological polar surface area (TPSA) is 12.0 Å². The SMILES string of the molecule is CC(C)NCc1ccc(-c2ccccc2)cc1.[Cl-]. The van der Waals surface area contributed by atoms with Crippen molar-refractivity contribution in [2.24, 2.45) is 0 Å². The second-order valence-electron chi connectivity index (χ2n) is 4.60. The fraction of sp³-hybridized carbons (Fsp3) is 0.250. The Labute approximate surface area is 116 Å². The lowest BCUT2D eigenvalue weighted by Crippen LogP contribution is -3.00. The van der Waals surface area contributed by atoms with E-state index >= 15 is 0 Å². The summed E-state index contributed by atoms with van der Waals surface area (Å²) in [6, 6.07) is 19.8. The first-order valence-electron chi connectivity index (χ1n) is 6.13. The molecule has 96 valence electrons. The monoisotopic (exact) mass is 260 g/mol. The fourth-order valence-electron chi connectivity index (χ4n) is 1.77. The van der Waals surface area contributed by atoms with Gasteiger partial charge in [-0.3, -0.25) is 0 Å². The van der Waals surface area contributed by atoms with Gasteiger partial charge in [-0.05, 0) is 16.7 Å². The van der Waals surface area contributed by atoms with Crippen LogP contribution in [0, 0.1) is 0 Å². The van der Waals surface area contributed by atoms with Crippen LogP contribution in [0.4, 0.5) is 0 Å². The smallest absolute Gasteiger partial charge is 0.0207 e. The van der Waals surface area contributed by atoms with E-state index in [-0.39, 0.29) is 12.4 Å². The van der Waals surface area contributed by atoms with Crippen LogP contribution in [0.15, 0.2) is 54.6 Å². The minimum atomic E-state index is 0. The van der Waals surface area contributed by atoms with Crippen LogP contribution in [0.1, 0.15) is 19.4 Å². The first-order valence-corrected chi connectivity index (χ1v) is 6.13. The molecule has 0 unspecified atom stereocenters. The van der Waals surface area contributed by atoms with Gasteiger partial charge in [-0.15, -0.1) is 0 Å². The number of hydrogen-bond acceptors (Lipinski definition) is 1. The van der Waals surface area contributed by atoms with Crippen LogP contribution in [0.25, 0.3) is 11.1 Å². The largest absolute Gasteiger partial charge is 1.00 e. The summed E-state index contributed by atoms with van der Waals surface area (Å²) in [5, 5.41) is 3.42. The molecule has 0 saturated carbocycles. The molecule has 0 aliphatic heterocycles. The third-order valence-corrected chi connectivity index (χ3v) is 2.78. The van der Waals surface area contributed by atoms with E-state index in [1.807, 2.05) is 6.07 Å². The van der Waals surface area contributed by atoms with Crippen molar-refractivity contribution in [1.82, 2.24) is 5.32 Å². The van der Waals surface area contributed by atoms with Crippen molar-refractivity contribution in [3.05, 3.63) is 60.2 Å². The Balaban J connectivity index is 0.00000162. The molecule has 0 aliphatic carbocycles. The lowest BCUT2D eigenvalue weighted by atomic mass is 10.0. The van der Waals surface area contributed by atoms with Crippen molar-refractivity contribution >= 4 is 0 Å². The quantitative estimate of drug-likeness (QED) is 0.860. The van der Waals surface area contributed by atoms with Crippen LogP contribution in [-0.4, -0.2) is 6.04 Å². The molecule has 18 heavy (non-hydrogen) atoms. The Hall–Kier alpha value is -1.31. The van der Waals surface area contributed by atoms with Gasteiger partial charge in [-0.1, -0.05) is 68.4 Å². The zero-order chi connectivity index (χ0) is 12.1. The molecule has 0 amide bonds. The summed E-state index contributed by atoms with van der Waals surface area (Å²) >= 11 is 0. The number of rotatable bonds is 4. The van der Waals surface area contributed by atoms with Crippen molar-refractivity contribution in [1.29, 1.82) is 0 Å². The highest BCUT2D eigenvalue weighted by Crippen LogP contribution is 2.19. The minimum Gasteiger partial charge on any atom is -1.00 e. The molecule has 0 spiro atoms. The van der Waals surface area contributed by atoms with Crippen molar-refractivity contribution in [2.75, 3.05) is 0 Å². The van der Waals surface area contributed by atoms with E-state index in [0.717, 1.165) is 6.54 Å². The van der Waals surface area contributed by atoms with Crippen LogP contribution >= 0.6 is 0 Å². The lowest BCUT2D eigenvalue weighted by Gasteiger charge is -2.08. The molecule has 0 heterocycles. The Bertz CT molecular complexity index is 448. The van der Waals surface area contributed by atoms with Gasteiger partial charge in [0.2, 0.25) is 0 Å². The average Bonchev–Trinajstić information content (AvgIpc) is 2.38. The van der Waals surface area contributed by atoms with Gasteiger partial charge in [0.25, 0.3) is 0 Å². The molecule has 1 nitrogen and oxygen atoms in total. The van der Waals surface area contributed by atoms with Gasteiger partial charge in [0.1, 0.15) is 0 Å². The van der Waals surface area contributed by atoms with Crippen LogP contribution in [0.2, 0.25) is 0 Å². The highest BCUT2D eigenvalue weighted by atomic mass is 35.5. The molecule has 0 saturated heterocycles. The second-order valence-corrected chi connectivity index (χ2v) is 4.60. The Kier molecular flexibility index (Phi) is 5.90. The van der Waals surface area contributed by atoms with E-state index in [4.69, 9.17) is 0 Å². The molecular weight excluding hydrogens is 242 g/mol. The highest BCUT2D eigenvalue weighted by molar-refractivity contribution is 5.63. The molecule has 2 aromatic rings. The predicted octanol–water partition coefficient (Wildman–Crippen LogP) is 0.856. The third kappa shape index (κ3) is 4.17. The normalized spacial score (nSPS) is 10.2. The molecule has 0 atom stereocenters. The van der Waals surface area contributed by atoms with Gasteiger partial charge < -0.3 is 17.7 Å². The first-order chi connectivity index (χ1) is 8.25. The summed E-state index contributed by atoms with van der Waals surface area (Å²) in [5.41, 5.74) is 3.88. The molecule has 0 aromatic heterocycles. The molecular formula is C16H19ClN-. The van der Waals surface area contributed by atoms with Crippen LogP contribution in [0.5, 0.6) is 0 Å². The molecule has 1 N–H and O–H groups in total. The van der Waals surface area contributed by atoms with Gasteiger partial charge in [0, 0.05) is 12.6 Å². The summed E-state index contributed by atoms with van der Waals surface area (Å²) in [6.45, 7) is 5.27. The Morgan fingerprint density at radius 2 is 1.39 bits per heavy atom. The van der Waals surface area contributed by atoms with Crippen LogP contribution in [-0.2, 0) is 6.54 Å². The average molecular weight is 261 g/mol. The first kappa shape index (κ1) is 14.7. The van der Waals surface area contributed by atoms with E-state index in [9.17, 15) is 0 Å². The molecule has 0 aliphatic rings. The van der Waals surface area contributed by atoms with Crippen molar-refractivity contribution in [3.63, 3.8) is 0 Å². The summed E-state index contributed by atoms with van der Waals surface area (Å²) in [4.78, 5) is 0. The standard InChI is InChI=1S/C16H19N.ClH/c1-13(2)17-12-14-8-10-16(11-9-14)15-6-4-3-5-7-15;/h3-11,13,17H,12H2,1-2H3;1H/p-1. The lowest BCUT2D eigenvalue weighted by molar-refractivity contribution is -0.00000366. The zero-order valence-corrected chi connectivity index (χ0v) is 11.6. The Morgan fingerprint density at radius 1 is 0.833 bits per heavy atom. The molecule has 2 heteroatoms. The van der Waals surface area contributed by atoms with E-state index < -0.39 is 0 Å². The number of hydrogen-bond donors (Lipinski definition) is 1. The fourth-order valence-corrected chi connectivity index (χ4v) is 1.77. The van der Waals surface area contributed by atoms with Crippen molar-refractivity contribution in [3.8, 4) is 11.1 Å². The van der Waals surface area contributed by atoms with Crippen molar-refractivity contribution < 1.29 is 12.4 Å². The number of nitrogens with one attached hydrogen (secondary N) is 1. The summed E-state index contributed by atoms with van der Waals surface area (Å²) in [6.07, 6.45) is 0. The van der Waals surface area contributed by atoms with Gasteiger partial charge >= 0.3 is 0 Å². The Morgan fingerprint density at radius 3 is 1.94 bits per heavy atom. The number of halogens is 1. The van der Waals surface area contributed by atoms with E-state index in [0.29, 0.717) is 6.04 Å². The molecule has 2 aromatic carbocycles. The van der Waals surface area contributed by atoms with Gasteiger partial charge in [0.05, 0.1) is 0 Å². The van der Waals surface area contributed by atoms with Crippen LogP contribution < -0.4 is 17.7 Å². The maximum absolute atomic E-state index is 3.42. The molecule has 2 rings (SSSR count). The maximum Gasteiger partial charge on any atom is 0.0207 e. The molecule has 0 bridgehead atoms. The van der Waals surface area contributed by atoms with Crippen LogP contribution in [0.3, 0.4) is 0 Å². The molecule has 0 fully saturated rings. The summed E-state index contributed by atoms with van der Waals surface area (Å²) in [5.74, 6) is 0. The van der Waals surface area contributed by atoms with E-state index in [1.54, 1.807) is 0 Å². The summed E-state index contributed by atoms with van der Waals surface area (Å²) in [7, 11) is 0. The van der Waals surface area contributed by atoms with E-state index in [1.165, 1.54) is 16.7 Å². The highest BCUT2D eigenvalue weighted by Gasteiger charge is 1.98. The summed E-state index contributed by atoms with van der Waals surface area (Å²) < 4.78 is 0. The third-order valence-electron chi connectivity index (χ3n) is 2.78. The molecule has 0 radical (unpaired) electrons. The number of benzene rings is 2. The zero-order valence-electron chi connectivity index (χ0n) is 10.9. The minimum absolute atomic E-state index is 0. The predicted molar refractivity (Wildman–Crippen MR) is 73.9 cm³/mol. The van der Waals surface area contributed by atoms with E-state index in [2.05, 4.69) is 67.7 Å². The second kappa shape index (κ2) is 7.20. The van der Waals surface area contributed by atoms with Crippen molar-refractivity contribution in [2.45, 2.75) is 26.4 Å². The van der Waals surface area contributed by atoms with Gasteiger partial charge in [-0.2, -0.15) is 0 Å².